The van der Waals surface area contributed by atoms with Crippen LogP contribution in [0.2, 0.25) is 0 Å². The predicted molar refractivity (Wildman–Crippen MR) is 39.1 cm³/mol. The van der Waals surface area contributed by atoms with Crippen LogP contribution in [-0.2, 0) is 6.54 Å². The summed E-state index contributed by atoms with van der Waals surface area (Å²) in [6.45, 7) is 0.264. The molecule has 0 spiro atoms. The first-order chi connectivity index (χ1) is 5.75. The summed E-state index contributed by atoms with van der Waals surface area (Å²) in [5, 5.41) is 22.2. The number of hydrogen-bond donors (Lipinski definition) is 0. The van der Waals surface area contributed by atoms with E-state index in [1.165, 1.54) is 16.9 Å². The standard InChI is InChI=1S/C6H6N4O2/c7-3-1-5-9-6(10(11)12)2-4-8-9/h2,4H,1,5H2. The molecule has 12 heavy (non-hydrogen) atoms. The third kappa shape index (κ3) is 1.58. The molecule has 1 heterocycles. The molecule has 0 bridgehead atoms. The van der Waals surface area contributed by atoms with E-state index in [0.29, 0.717) is 0 Å². The van der Waals surface area contributed by atoms with Crippen molar-refractivity contribution in [2.24, 2.45) is 0 Å². The van der Waals surface area contributed by atoms with Crippen molar-refractivity contribution in [2.45, 2.75) is 13.0 Å². The molecule has 6 heteroatoms. The van der Waals surface area contributed by atoms with Crippen LogP contribution < -0.4 is 0 Å². The fourth-order valence-electron chi connectivity index (χ4n) is 0.809. The van der Waals surface area contributed by atoms with Gasteiger partial charge >= 0.3 is 5.82 Å². The van der Waals surface area contributed by atoms with Gasteiger partial charge in [-0.25, -0.2) is 0 Å². The molecule has 0 aliphatic heterocycles. The molecule has 0 aromatic carbocycles. The summed E-state index contributed by atoms with van der Waals surface area (Å²) in [6, 6.07) is 3.19. The highest BCUT2D eigenvalue weighted by Gasteiger charge is 2.11. The number of aromatic nitrogens is 2. The van der Waals surface area contributed by atoms with Gasteiger partial charge in [0.1, 0.15) is 6.54 Å². The summed E-state index contributed by atoms with van der Waals surface area (Å²) in [6.07, 6.45) is 1.57. The molecule has 0 radical (unpaired) electrons. The monoisotopic (exact) mass is 166 g/mol. The van der Waals surface area contributed by atoms with Gasteiger partial charge in [0.2, 0.25) is 0 Å². The SMILES string of the molecule is N#CCCn1nccc1[N+](=O)[O-]. The maximum atomic E-state index is 10.3. The van der Waals surface area contributed by atoms with Crippen LogP contribution in [0.4, 0.5) is 5.82 Å². The van der Waals surface area contributed by atoms with Crippen LogP contribution in [0.15, 0.2) is 12.3 Å². The van der Waals surface area contributed by atoms with Gasteiger partial charge in [-0.2, -0.15) is 5.26 Å². The highest BCUT2D eigenvalue weighted by molar-refractivity contribution is 5.16. The smallest absolute Gasteiger partial charge is 0.344 e. The average Bonchev–Trinajstić information content (AvgIpc) is 2.48. The van der Waals surface area contributed by atoms with Crippen LogP contribution in [0.1, 0.15) is 6.42 Å². The molecule has 0 atom stereocenters. The van der Waals surface area contributed by atoms with Crippen molar-refractivity contribution in [3.05, 3.63) is 22.4 Å². The molecular formula is C6H6N4O2. The van der Waals surface area contributed by atoms with Crippen molar-refractivity contribution in [1.29, 1.82) is 5.26 Å². The zero-order chi connectivity index (χ0) is 8.97. The molecule has 0 unspecified atom stereocenters. The molecule has 0 amide bonds. The van der Waals surface area contributed by atoms with Crippen LogP contribution in [0.25, 0.3) is 0 Å². The summed E-state index contributed by atoms with van der Waals surface area (Å²) in [5.41, 5.74) is 0. The Morgan fingerprint density at radius 3 is 3.17 bits per heavy atom. The Kier molecular flexibility index (Phi) is 2.38. The predicted octanol–water partition coefficient (Wildman–Crippen LogP) is 0.705. The Labute approximate surface area is 68.2 Å². The van der Waals surface area contributed by atoms with Crippen LogP contribution in [0.3, 0.4) is 0 Å². The Bertz CT molecular complexity index is 325. The summed E-state index contributed by atoms with van der Waals surface area (Å²) in [7, 11) is 0. The van der Waals surface area contributed by atoms with Gasteiger partial charge in [0.15, 0.2) is 0 Å². The maximum Gasteiger partial charge on any atom is 0.344 e. The van der Waals surface area contributed by atoms with Crippen LogP contribution in [0.5, 0.6) is 0 Å². The lowest BCUT2D eigenvalue weighted by Gasteiger charge is -1.94. The van der Waals surface area contributed by atoms with Crippen molar-refractivity contribution >= 4 is 5.82 Å². The van der Waals surface area contributed by atoms with E-state index in [0.717, 1.165) is 0 Å². The molecule has 6 nitrogen and oxygen atoms in total. The largest absolute Gasteiger partial charge is 0.358 e. The van der Waals surface area contributed by atoms with Gasteiger partial charge in [0.25, 0.3) is 0 Å². The van der Waals surface area contributed by atoms with Gasteiger partial charge in [-0.15, -0.1) is 4.68 Å². The van der Waals surface area contributed by atoms with Crippen molar-refractivity contribution in [2.75, 3.05) is 0 Å². The average molecular weight is 166 g/mol. The lowest BCUT2D eigenvalue weighted by atomic mass is 10.5. The van der Waals surface area contributed by atoms with Gasteiger partial charge in [0, 0.05) is 0 Å². The Morgan fingerprint density at radius 1 is 1.83 bits per heavy atom. The Hall–Kier alpha value is -1.90. The number of hydrogen-bond acceptors (Lipinski definition) is 4. The number of nitrogens with zero attached hydrogens (tertiary/aromatic N) is 4. The highest BCUT2D eigenvalue weighted by Crippen LogP contribution is 2.08. The van der Waals surface area contributed by atoms with Crippen molar-refractivity contribution in [1.82, 2.24) is 9.78 Å². The molecule has 1 aromatic rings. The minimum absolute atomic E-state index is 0.0785. The molecule has 0 saturated heterocycles. The Morgan fingerprint density at radius 2 is 2.58 bits per heavy atom. The van der Waals surface area contributed by atoms with E-state index in [4.69, 9.17) is 5.26 Å². The second kappa shape index (κ2) is 3.48. The third-order valence-electron chi connectivity index (χ3n) is 1.32. The first kappa shape index (κ1) is 8.20. The second-order valence-electron chi connectivity index (χ2n) is 2.08. The van der Waals surface area contributed by atoms with Crippen LogP contribution in [-0.4, -0.2) is 14.7 Å². The van der Waals surface area contributed by atoms with Crippen molar-refractivity contribution < 1.29 is 4.92 Å². The molecule has 62 valence electrons. The quantitative estimate of drug-likeness (QED) is 0.488. The minimum Gasteiger partial charge on any atom is -0.358 e. The molecule has 0 N–H and O–H groups in total. The molecule has 0 saturated carbocycles. The summed E-state index contributed by atoms with van der Waals surface area (Å²) < 4.78 is 1.20. The summed E-state index contributed by atoms with van der Waals surface area (Å²) >= 11 is 0. The zero-order valence-corrected chi connectivity index (χ0v) is 6.17. The van der Waals surface area contributed by atoms with E-state index >= 15 is 0 Å². The number of rotatable bonds is 3. The zero-order valence-electron chi connectivity index (χ0n) is 6.17. The first-order valence-electron chi connectivity index (χ1n) is 3.29. The Balaban J connectivity index is 2.79. The second-order valence-corrected chi connectivity index (χ2v) is 2.08. The van der Waals surface area contributed by atoms with E-state index in [1.54, 1.807) is 0 Å². The number of aryl methyl sites for hydroxylation is 1. The van der Waals surface area contributed by atoms with Crippen LogP contribution in [0, 0.1) is 21.4 Å². The van der Waals surface area contributed by atoms with E-state index < -0.39 is 4.92 Å². The van der Waals surface area contributed by atoms with Gasteiger partial charge in [-0.1, -0.05) is 5.10 Å². The summed E-state index contributed by atoms with van der Waals surface area (Å²) in [4.78, 5) is 9.78. The first-order valence-corrected chi connectivity index (χ1v) is 3.29. The van der Waals surface area contributed by atoms with E-state index in [2.05, 4.69) is 5.10 Å². The number of nitriles is 1. The topological polar surface area (TPSA) is 84.8 Å². The molecule has 0 fully saturated rings. The molecular weight excluding hydrogens is 160 g/mol. The number of nitro groups is 1. The van der Waals surface area contributed by atoms with Gasteiger partial charge in [-0.05, 0) is 4.92 Å². The molecule has 1 rings (SSSR count). The van der Waals surface area contributed by atoms with E-state index in [9.17, 15) is 10.1 Å². The van der Waals surface area contributed by atoms with Crippen molar-refractivity contribution in [3.63, 3.8) is 0 Å². The lowest BCUT2D eigenvalue weighted by molar-refractivity contribution is -0.392. The molecule has 1 aromatic heterocycles. The normalized spacial score (nSPS) is 9.25. The summed E-state index contributed by atoms with van der Waals surface area (Å²) in [5.74, 6) is -0.0785. The van der Waals surface area contributed by atoms with Gasteiger partial charge in [-0.3, -0.25) is 0 Å². The van der Waals surface area contributed by atoms with Crippen molar-refractivity contribution in [3.8, 4) is 6.07 Å². The lowest BCUT2D eigenvalue weighted by Crippen LogP contribution is -2.03. The maximum absolute atomic E-state index is 10.3. The highest BCUT2D eigenvalue weighted by atomic mass is 16.6. The fraction of sp³-hybridized carbons (Fsp3) is 0.333. The third-order valence-corrected chi connectivity index (χ3v) is 1.32. The minimum atomic E-state index is -0.523. The molecule has 0 aliphatic carbocycles. The fourth-order valence-corrected chi connectivity index (χ4v) is 0.809. The van der Waals surface area contributed by atoms with Gasteiger partial charge < -0.3 is 10.1 Å². The van der Waals surface area contributed by atoms with Crippen LogP contribution >= 0.6 is 0 Å². The van der Waals surface area contributed by atoms with E-state index in [-0.39, 0.29) is 18.8 Å². The van der Waals surface area contributed by atoms with E-state index in [1.807, 2.05) is 6.07 Å². The molecule has 0 aliphatic rings. The van der Waals surface area contributed by atoms with Gasteiger partial charge in [0.05, 0.1) is 24.8 Å².